The van der Waals surface area contributed by atoms with E-state index in [1.165, 1.54) is 0 Å². The van der Waals surface area contributed by atoms with Gasteiger partial charge in [0.25, 0.3) is 5.56 Å². The van der Waals surface area contributed by atoms with Crippen molar-refractivity contribution in [2.75, 3.05) is 0 Å². The van der Waals surface area contributed by atoms with Crippen molar-refractivity contribution in [1.29, 1.82) is 0 Å². The fourth-order valence-corrected chi connectivity index (χ4v) is 2.97. The predicted molar refractivity (Wildman–Crippen MR) is 101 cm³/mol. The average Bonchev–Trinajstić information content (AvgIpc) is 2.60. The molecule has 1 aromatic heterocycles. The van der Waals surface area contributed by atoms with Crippen LogP contribution in [-0.4, -0.2) is 10.9 Å². The van der Waals surface area contributed by atoms with Crippen LogP contribution >= 0.6 is 0 Å². The zero-order valence-corrected chi connectivity index (χ0v) is 14.5. The molecule has 0 unspecified atom stereocenters. The number of carbonyl (C=O) groups excluding carboxylic acids is 1. The van der Waals surface area contributed by atoms with Gasteiger partial charge in [0, 0.05) is 24.0 Å². The van der Waals surface area contributed by atoms with E-state index in [0.29, 0.717) is 12.0 Å². The molecule has 2 N–H and O–H groups in total. The molecule has 0 aliphatic carbocycles. The molecule has 0 aliphatic heterocycles. The molecule has 3 aromatic rings. The van der Waals surface area contributed by atoms with Gasteiger partial charge in [0.1, 0.15) is 0 Å². The number of rotatable bonds is 5. The summed E-state index contributed by atoms with van der Waals surface area (Å²) in [5, 5.41) is 3.83. The summed E-state index contributed by atoms with van der Waals surface area (Å²) in [7, 11) is 0. The summed E-state index contributed by atoms with van der Waals surface area (Å²) in [6, 6.07) is 19.4. The van der Waals surface area contributed by atoms with Crippen LogP contribution in [0.2, 0.25) is 0 Å². The van der Waals surface area contributed by atoms with Gasteiger partial charge in [-0.25, -0.2) is 0 Å². The molecule has 4 nitrogen and oxygen atoms in total. The number of benzene rings is 2. The summed E-state index contributed by atoms with van der Waals surface area (Å²) >= 11 is 0. The molecule has 3 rings (SSSR count). The highest BCUT2D eigenvalue weighted by Gasteiger charge is 2.24. The number of aromatic nitrogens is 1. The van der Waals surface area contributed by atoms with E-state index in [9.17, 15) is 9.59 Å². The van der Waals surface area contributed by atoms with Crippen LogP contribution in [0.25, 0.3) is 10.9 Å². The van der Waals surface area contributed by atoms with Gasteiger partial charge in [-0.1, -0.05) is 62.4 Å². The van der Waals surface area contributed by atoms with Gasteiger partial charge in [-0.05, 0) is 28.5 Å². The number of aromatic amines is 1. The van der Waals surface area contributed by atoms with Crippen LogP contribution in [-0.2, 0) is 16.8 Å². The van der Waals surface area contributed by atoms with Crippen molar-refractivity contribution < 1.29 is 4.79 Å². The summed E-state index contributed by atoms with van der Waals surface area (Å²) in [5.41, 5.74) is 2.05. The maximum absolute atomic E-state index is 12.4. The highest BCUT2D eigenvalue weighted by Crippen LogP contribution is 2.26. The predicted octanol–water partition coefficient (Wildman–Crippen LogP) is 3.51. The number of hydrogen-bond acceptors (Lipinski definition) is 2. The van der Waals surface area contributed by atoms with Gasteiger partial charge in [0.2, 0.25) is 5.91 Å². The second-order valence-electron chi connectivity index (χ2n) is 6.91. The molecule has 128 valence electrons. The molecule has 0 saturated carbocycles. The van der Waals surface area contributed by atoms with E-state index in [4.69, 9.17) is 0 Å². The first-order valence-electron chi connectivity index (χ1n) is 8.39. The Morgan fingerprint density at radius 3 is 2.48 bits per heavy atom. The van der Waals surface area contributed by atoms with Crippen molar-refractivity contribution in [3.05, 3.63) is 82.1 Å². The zero-order chi connectivity index (χ0) is 17.9. The molecular formula is C21H22N2O2. The van der Waals surface area contributed by atoms with E-state index in [0.717, 1.165) is 16.5 Å². The van der Waals surface area contributed by atoms with E-state index in [2.05, 4.69) is 10.3 Å². The van der Waals surface area contributed by atoms with Crippen LogP contribution in [0.5, 0.6) is 0 Å². The van der Waals surface area contributed by atoms with Gasteiger partial charge >= 0.3 is 0 Å². The van der Waals surface area contributed by atoms with Gasteiger partial charge in [-0.3, -0.25) is 9.59 Å². The molecule has 2 aromatic carbocycles. The van der Waals surface area contributed by atoms with Crippen molar-refractivity contribution in [2.24, 2.45) is 0 Å². The Balaban J connectivity index is 1.68. The standard InChI is InChI=1S/C21H22N2O2/c1-21(2,17-9-4-3-5-10-17)13-19(24)22-14-16-12-15-8-6-7-11-18(15)23-20(16)25/h3-12H,13-14H2,1-2H3,(H,22,24)(H,23,25). The third-order valence-electron chi connectivity index (χ3n) is 4.46. The lowest BCUT2D eigenvalue weighted by molar-refractivity contribution is -0.122. The van der Waals surface area contributed by atoms with E-state index in [1.807, 2.05) is 74.5 Å². The lowest BCUT2D eigenvalue weighted by Crippen LogP contribution is -2.32. The largest absolute Gasteiger partial charge is 0.352 e. The summed E-state index contributed by atoms with van der Waals surface area (Å²) in [4.78, 5) is 27.4. The quantitative estimate of drug-likeness (QED) is 0.750. The van der Waals surface area contributed by atoms with Crippen LogP contribution in [0.3, 0.4) is 0 Å². The highest BCUT2D eigenvalue weighted by atomic mass is 16.1. The Kier molecular flexibility index (Phi) is 4.70. The lowest BCUT2D eigenvalue weighted by Gasteiger charge is -2.24. The fraction of sp³-hybridized carbons (Fsp3) is 0.238. The van der Waals surface area contributed by atoms with Crippen LogP contribution in [0, 0.1) is 0 Å². The SMILES string of the molecule is CC(C)(CC(=O)NCc1cc2ccccc2[nH]c1=O)c1ccccc1. The Morgan fingerprint density at radius 1 is 1.04 bits per heavy atom. The monoisotopic (exact) mass is 334 g/mol. The molecule has 0 atom stereocenters. The van der Waals surface area contributed by atoms with Crippen molar-refractivity contribution in [3.63, 3.8) is 0 Å². The van der Waals surface area contributed by atoms with Crippen LogP contribution in [0.1, 0.15) is 31.4 Å². The molecule has 25 heavy (non-hydrogen) atoms. The third-order valence-corrected chi connectivity index (χ3v) is 4.46. The number of nitrogens with one attached hydrogen (secondary N) is 2. The van der Waals surface area contributed by atoms with Gasteiger partial charge in [0.15, 0.2) is 0 Å². The average molecular weight is 334 g/mol. The molecule has 4 heteroatoms. The minimum Gasteiger partial charge on any atom is -0.352 e. The highest BCUT2D eigenvalue weighted by molar-refractivity contribution is 5.79. The number of amides is 1. The molecule has 0 radical (unpaired) electrons. The number of carbonyl (C=O) groups is 1. The maximum atomic E-state index is 12.4. The van der Waals surface area contributed by atoms with Gasteiger partial charge < -0.3 is 10.3 Å². The second kappa shape index (κ2) is 6.93. The Hall–Kier alpha value is -2.88. The second-order valence-corrected chi connectivity index (χ2v) is 6.91. The molecule has 0 saturated heterocycles. The Bertz CT molecular complexity index is 943. The topological polar surface area (TPSA) is 62.0 Å². The number of pyridine rings is 1. The van der Waals surface area contributed by atoms with E-state index >= 15 is 0 Å². The van der Waals surface area contributed by atoms with Crippen molar-refractivity contribution in [3.8, 4) is 0 Å². The van der Waals surface area contributed by atoms with Crippen LogP contribution < -0.4 is 10.9 Å². The normalized spacial score (nSPS) is 11.4. The lowest BCUT2D eigenvalue weighted by atomic mass is 9.81. The molecule has 1 amide bonds. The number of hydrogen-bond donors (Lipinski definition) is 2. The van der Waals surface area contributed by atoms with E-state index in [1.54, 1.807) is 0 Å². The third kappa shape index (κ3) is 3.97. The molecule has 0 fully saturated rings. The minimum absolute atomic E-state index is 0.0681. The number of H-pyrrole nitrogens is 1. The first kappa shape index (κ1) is 17.0. The summed E-state index contributed by atoms with van der Waals surface area (Å²) in [5.74, 6) is -0.0681. The smallest absolute Gasteiger partial charge is 0.253 e. The van der Waals surface area contributed by atoms with Crippen molar-refractivity contribution in [1.82, 2.24) is 10.3 Å². The van der Waals surface area contributed by atoms with Gasteiger partial charge in [-0.2, -0.15) is 0 Å². The maximum Gasteiger partial charge on any atom is 0.253 e. The zero-order valence-electron chi connectivity index (χ0n) is 14.5. The van der Waals surface area contributed by atoms with Crippen molar-refractivity contribution >= 4 is 16.8 Å². The first-order valence-corrected chi connectivity index (χ1v) is 8.39. The summed E-state index contributed by atoms with van der Waals surface area (Å²) < 4.78 is 0. The van der Waals surface area contributed by atoms with E-state index in [-0.39, 0.29) is 23.4 Å². The fourth-order valence-electron chi connectivity index (χ4n) is 2.97. The summed E-state index contributed by atoms with van der Waals surface area (Å²) in [6.45, 7) is 4.32. The number of fused-ring (bicyclic) bond motifs is 1. The molecule has 0 spiro atoms. The van der Waals surface area contributed by atoms with Crippen molar-refractivity contribution in [2.45, 2.75) is 32.2 Å². The van der Waals surface area contributed by atoms with Crippen LogP contribution in [0.15, 0.2) is 65.5 Å². The molecule has 1 heterocycles. The van der Waals surface area contributed by atoms with Gasteiger partial charge in [0.05, 0.1) is 0 Å². The minimum atomic E-state index is -0.263. The molecule has 0 bridgehead atoms. The Labute approximate surface area is 146 Å². The molecule has 0 aliphatic rings. The first-order chi connectivity index (χ1) is 12.0. The Morgan fingerprint density at radius 2 is 1.72 bits per heavy atom. The van der Waals surface area contributed by atoms with Gasteiger partial charge in [-0.15, -0.1) is 0 Å². The number of para-hydroxylation sites is 1. The van der Waals surface area contributed by atoms with Crippen LogP contribution in [0.4, 0.5) is 0 Å². The van der Waals surface area contributed by atoms with E-state index < -0.39 is 0 Å². The molecular weight excluding hydrogens is 312 g/mol. The summed E-state index contributed by atoms with van der Waals surface area (Å²) in [6.07, 6.45) is 0.364.